The fourth-order valence-electron chi connectivity index (χ4n) is 2.37. The number of amides is 1. The molecule has 4 heteroatoms. The molecule has 0 aromatic heterocycles. The van der Waals surface area contributed by atoms with Gasteiger partial charge < -0.3 is 10.1 Å². The standard InChI is InChI=1S/C20H16FNO2/c1-24-18-10-6-14(7-11-18)12-19(21)20(23)22-17-9-8-15-4-2-3-5-16(15)13-17/h2-13H,1H3,(H,22,23)/b19-12-. The van der Waals surface area contributed by atoms with Gasteiger partial charge in [-0.3, -0.25) is 4.79 Å². The number of benzene rings is 3. The van der Waals surface area contributed by atoms with Crippen molar-refractivity contribution in [1.82, 2.24) is 0 Å². The summed E-state index contributed by atoms with van der Waals surface area (Å²) in [6.07, 6.45) is 1.19. The maximum Gasteiger partial charge on any atom is 0.284 e. The molecule has 3 rings (SSSR count). The van der Waals surface area contributed by atoms with Crippen LogP contribution in [0.5, 0.6) is 5.75 Å². The number of hydrogen-bond donors (Lipinski definition) is 1. The molecule has 1 N–H and O–H groups in total. The van der Waals surface area contributed by atoms with Gasteiger partial charge in [-0.15, -0.1) is 0 Å². The van der Waals surface area contributed by atoms with Gasteiger partial charge in [0.2, 0.25) is 0 Å². The molecule has 24 heavy (non-hydrogen) atoms. The number of nitrogens with one attached hydrogen (secondary N) is 1. The van der Waals surface area contributed by atoms with Gasteiger partial charge in [0.15, 0.2) is 5.83 Å². The number of anilines is 1. The lowest BCUT2D eigenvalue weighted by molar-refractivity contribution is -0.114. The van der Waals surface area contributed by atoms with Crippen LogP contribution in [0.1, 0.15) is 5.56 Å². The third kappa shape index (κ3) is 3.60. The molecule has 120 valence electrons. The van der Waals surface area contributed by atoms with Gasteiger partial charge in [0.05, 0.1) is 7.11 Å². The van der Waals surface area contributed by atoms with Crippen molar-refractivity contribution < 1.29 is 13.9 Å². The van der Waals surface area contributed by atoms with E-state index in [1.165, 1.54) is 6.08 Å². The van der Waals surface area contributed by atoms with Crippen LogP contribution in [0.4, 0.5) is 10.1 Å². The molecule has 3 aromatic rings. The minimum Gasteiger partial charge on any atom is -0.497 e. The van der Waals surface area contributed by atoms with Gasteiger partial charge in [-0.2, -0.15) is 0 Å². The molecule has 0 atom stereocenters. The summed E-state index contributed by atoms with van der Waals surface area (Å²) in [5.41, 5.74) is 1.14. The van der Waals surface area contributed by atoms with Crippen molar-refractivity contribution in [2.45, 2.75) is 0 Å². The predicted molar refractivity (Wildman–Crippen MR) is 94.7 cm³/mol. The molecule has 0 saturated carbocycles. The average Bonchev–Trinajstić information content (AvgIpc) is 2.62. The van der Waals surface area contributed by atoms with Crippen molar-refractivity contribution >= 4 is 28.4 Å². The molecule has 3 nitrogen and oxygen atoms in total. The zero-order valence-electron chi connectivity index (χ0n) is 13.1. The van der Waals surface area contributed by atoms with E-state index in [2.05, 4.69) is 5.32 Å². The van der Waals surface area contributed by atoms with Gasteiger partial charge >= 0.3 is 0 Å². The van der Waals surface area contributed by atoms with Crippen LogP contribution in [0.25, 0.3) is 16.8 Å². The van der Waals surface area contributed by atoms with Crippen molar-refractivity contribution in [3.63, 3.8) is 0 Å². The molecular formula is C20H16FNO2. The Morgan fingerprint density at radius 1 is 1.00 bits per heavy atom. The number of rotatable bonds is 4. The average molecular weight is 321 g/mol. The Bertz CT molecular complexity index is 901. The Kier molecular flexibility index (Phi) is 4.57. The Balaban J connectivity index is 1.75. The maximum absolute atomic E-state index is 14.1. The number of carbonyl (C=O) groups is 1. The highest BCUT2D eigenvalue weighted by molar-refractivity contribution is 6.05. The molecular weight excluding hydrogens is 305 g/mol. The van der Waals surface area contributed by atoms with Crippen LogP contribution in [0.15, 0.2) is 72.6 Å². The molecule has 0 saturated heterocycles. The van der Waals surface area contributed by atoms with E-state index < -0.39 is 11.7 Å². The lowest BCUT2D eigenvalue weighted by Crippen LogP contribution is -2.11. The summed E-state index contributed by atoms with van der Waals surface area (Å²) in [4.78, 5) is 12.0. The molecule has 1 amide bonds. The lowest BCUT2D eigenvalue weighted by atomic mass is 10.1. The summed E-state index contributed by atoms with van der Waals surface area (Å²) in [5, 5.41) is 4.61. The minimum atomic E-state index is -0.853. The van der Waals surface area contributed by atoms with Crippen molar-refractivity contribution in [2.24, 2.45) is 0 Å². The van der Waals surface area contributed by atoms with Gasteiger partial charge in [0, 0.05) is 5.69 Å². The summed E-state index contributed by atoms with van der Waals surface area (Å²) < 4.78 is 19.1. The molecule has 3 aromatic carbocycles. The Hall–Kier alpha value is -3.14. The number of fused-ring (bicyclic) bond motifs is 1. The van der Waals surface area contributed by atoms with Crippen LogP contribution >= 0.6 is 0 Å². The normalized spacial score (nSPS) is 11.3. The predicted octanol–water partition coefficient (Wildman–Crippen LogP) is 4.80. The zero-order chi connectivity index (χ0) is 16.9. The van der Waals surface area contributed by atoms with Crippen molar-refractivity contribution in [1.29, 1.82) is 0 Å². The van der Waals surface area contributed by atoms with Gasteiger partial charge in [0.1, 0.15) is 5.75 Å². The topological polar surface area (TPSA) is 38.3 Å². The number of hydrogen-bond acceptors (Lipinski definition) is 2. The highest BCUT2D eigenvalue weighted by atomic mass is 19.1. The van der Waals surface area contributed by atoms with Crippen LogP contribution in [0, 0.1) is 0 Å². The highest BCUT2D eigenvalue weighted by Gasteiger charge is 2.09. The minimum absolute atomic E-state index is 0.553. The van der Waals surface area contributed by atoms with E-state index in [4.69, 9.17) is 4.74 Å². The van der Waals surface area contributed by atoms with Gasteiger partial charge in [0.25, 0.3) is 5.91 Å². The van der Waals surface area contributed by atoms with E-state index in [0.29, 0.717) is 17.0 Å². The molecule has 0 fully saturated rings. The van der Waals surface area contributed by atoms with E-state index in [1.807, 2.05) is 36.4 Å². The molecule has 0 aliphatic heterocycles. The molecule has 0 spiro atoms. The van der Waals surface area contributed by atoms with Gasteiger partial charge in [-0.25, -0.2) is 4.39 Å². The Morgan fingerprint density at radius 2 is 1.71 bits per heavy atom. The number of carbonyl (C=O) groups excluding carboxylic acids is 1. The summed E-state index contributed by atoms with van der Waals surface area (Å²) in [7, 11) is 1.56. The van der Waals surface area contributed by atoms with Crippen LogP contribution < -0.4 is 10.1 Å². The summed E-state index contributed by atoms with van der Waals surface area (Å²) >= 11 is 0. The Labute approximate surface area is 139 Å². The van der Waals surface area contributed by atoms with Crippen LogP contribution in [0.2, 0.25) is 0 Å². The summed E-state index contributed by atoms with van der Waals surface area (Å²) in [6.45, 7) is 0. The van der Waals surface area contributed by atoms with Crippen LogP contribution in [-0.2, 0) is 4.79 Å². The largest absolute Gasteiger partial charge is 0.497 e. The van der Waals surface area contributed by atoms with Crippen molar-refractivity contribution in [3.05, 3.63) is 78.1 Å². The fourth-order valence-corrected chi connectivity index (χ4v) is 2.37. The Morgan fingerprint density at radius 3 is 2.42 bits per heavy atom. The quantitative estimate of drug-likeness (QED) is 0.701. The second-order valence-corrected chi connectivity index (χ2v) is 5.28. The summed E-state index contributed by atoms with van der Waals surface area (Å²) in [5.74, 6) is -0.956. The smallest absolute Gasteiger partial charge is 0.284 e. The second kappa shape index (κ2) is 6.96. The fraction of sp³-hybridized carbons (Fsp3) is 0.0500. The molecule has 0 radical (unpaired) electrons. The SMILES string of the molecule is COc1ccc(/C=C(\F)C(=O)Nc2ccc3ccccc3c2)cc1. The summed E-state index contributed by atoms with van der Waals surface area (Å²) in [6, 6.07) is 20.0. The van der Waals surface area contributed by atoms with Gasteiger partial charge in [-0.05, 0) is 46.7 Å². The van der Waals surface area contributed by atoms with Crippen LogP contribution in [-0.4, -0.2) is 13.0 Å². The van der Waals surface area contributed by atoms with E-state index in [1.54, 1.807) is 37.4 Å². The van der Waals surface area contributed by atoms with E-state index in [-0.39, 0.29) is 0 Å². The number of methoxy groups -OCH3 is 1. The van der Waals surface area contributed by atoms with E-state index in [9.17, 15) is 9.18 Å². The molecule has 0 heterocycles. The number of ether oxygens (including phenoxy) is 1. The first-order chi connectivity index (χ1) is 11.7. The molecule has 0 bridgehead atoms. The van der Waals surface area contributed by atoms with Crippen LogP contribution in [0.3, 0.4) is 0 Å². The van der Waals surface area contributed by atoms with Crippen molar-refractivity contribution in [3.8, 4) is 5.75 Å². The molecule has 0 unspecified atom stereocenters. The van der Waals surface area contributed by atoms with E-state index in [0.717, 1.165) is 10.8 Å². The first-order valence-corrected chi connectivity index (χ1v) is 7.47. The first kappa shape index (κ1) is 15.7. The third-order valence-electron chi connectivity index (χ3n) is 3.63. The van der Waals surface area contributed by atoms with E-state index >= 15 is 0 Å². The maximum atomic E-state index is 14.1. The highest BCUT2D eigenvalue weighted by Crippen LogP contribution is 2.20. The third-order valence-corrected chi connectivity index (χ3v) is 3.63. The lowest BCUT2D eigenvalue weighted by Gasteiger charge is -2.06. The first-order valence-electron chi connectivity index (χ1n) is 7.47. The number of halogens is 1. The monoisotopic (exact) mass is 321 g/mol. The zero-order valence-corrected chi connectivity index (χ0v) is 13.1. The molecule has 0 aliphatic rings. The van der Waals surface area contributed by atoms with Crippen molar-refractivity contribution in [2.75, 3.05) is 12.4 Å². The molecule has 0 aliphatic carbocycles. The second-order valence-electron chi connectivity index (χ2n) is 5.28. The van der Waals surface area contributed by atoms with Gasteiger partial charge in [-0.1, -0.05) is 42.5 Å².